The Morgan fingerprint density at radius 3 is 2.84 bits per heavy atom. The second-order valence-corrected chi connectivity index (χ2v) is 6.91. The topological polar surface area (TPSA) is 71.1 Å². The van der Waals surface area contributed by atoms with Crippen LogP contribution in [0.1, 0.15) is 26.2 Å². The van der Waals surface area contributed by atoms with Crippen molar-refractivity contribution in [1.29, 1.82) is 0 Å². The minimum atomic E-state index is -3.43. The van der Waals surface area contributed by atoms with E-state index in [9.17, 15) is 8.42 Å². The molecule has 1 aromatic rings. The van der Waals surface area contributed by atoms with Crippen molar-refractivity contribution < 1.29 is 8.42 Å². The molecule has 2 unspecified atom stereocenters. The molecule has 0 amide bonds. The molecule has 6 heteroatoms. The van der Waals surface area contributed by atoms with E-state index < -0.39 is 10.0 Å². The van der Waals surface area contributed by atoms with Crippen LogP contribution in [-0.2, 0) is 10.0 Å². The Labute approximate surface area is 114 Å². The van der Waals surface area contributed by atoms with Crippen molar-refractivity contribution in [2.24, 2.45) is 11.8 Å². The Morgan fingerprint density at radius 1 is 1.42 bits per heavy atom. The molecule has 2 rings (SSSR count). The summed E-state index contributed by atoms with van der Waals surface area (Å²) in [6.07, 6.45) is 5.01. The first-order valence-electron chi connectivity index (χ1n) is 6.66. The van der Waals surface area contributed by atoms with Crippen LogP contribution in [0.4, 0.5) is 5.82 Å². The maximum absolute atomic E-state index is 12.2. The fraction of sp³-hybridized carbons (Fsp3) is 0.615. The van der Waals surface area contributed by atoms with Crippen molar-refractivity contribution >= 4 is 15.8 Å². The lowest BCUT2D eigenvalue weighted by molar-refractivity contribution is 0.414. The van der Waals surface area contributed by atoms with Crippen molar-refractivity contribution in [2.75, 3.05) is 18.9 Å². The second-order valence-electron chi connectivity index (χ2n) is 5.15. The van der Waals surface area contributed by atoms with Gasteiger partial charge in [-0.3, -0.25) is 0 Å². The summed E-state index contributed by atoms with van der Waals surface area (Å²) in [5.74, 6) is 1.62. The van der Waals surface area contributed by atoms with Gasteiger partial charge in [0.15, 0.2) is 0 Å². The Hall–Kier alpha value is -1.14. The lowest BCUT2D eigenvalue weighted by Gasteiger charge is -2.16. The highest BCUT2D eigenvalue weighted by atomic mass is 32.2. The first-order valence-corrected chi connectivity index (χ1v) is 8.14. The standard InChI is InChI=1S/C13H21N3O2S/c1-10-4-3-5-11(10)9-16-19(17,18)12-6-7-15-13(8-12)14-2/h6-8,10-11,16H,3-5,9H2,1-2H3,(H,14,15). The van der Waals surface area contributed by atoms with Crippen molar-refractivity contribution in [2.45, 2.75) is 31.1 Å². The molecule has 19 heavy (non-hydrogen) atoms. The minimum Gasteiger partial charge on any atom is -0.373 e. The fourth-order valence-electron chi connectivity index (χ4n) is 2.54. The van der Waals surface area contributed by atoms with E-state index in [1.54, 1.807) is 13.1 Å². The van der Waals surface area contributed by atoms with Crippen LogP contribution in [0.5, 0.6) is 0 Å². The Morgan fingerprint density at radius 2 is 2.21 bits per heavy atom. The van der Waals surface area contributed by atoms with Gasteiger partial charge in [-0.05, 0) is 24.3 Å². The predicted octanol–water partition coefficient (Wildman–Crippen LogP) is 1.84. The van der Waals surface area contributed by atoms with Crippen LogP contribution in [0.2, 0.25) is 0 Å². The lowest BCUT2D eigenvalue weighted by Crippen LogP contribution is -2.30. The molecule has 2 atom stereocenters. The van der Waals surface area contributed by atoms with Crippen LogP contribution in [-0.4, -0.2) is 27.0 Å². The zero-order valence-corrected chi connectivity index (χ0v) is 12.2. The van der Waals surface area contributed by atoms with Gasteiger partial charge in [-0.15, -0.1) is 0 Å². The molecule has 1 aliphatic carbocycles. The van der Waals surface area contributed by atoms with Crippen LogP contribution in [0.3, 0.4) is 0 Å². The number of anilines is 1. The SMILES string of the molecule is CNc1cc(S(=O)(=O)NCC2CCCC2C)ccn1. The smallest absolute Gasteiger partial charge is 0.240 e. The number of hydrogen-bond donors (Lipinski definition) is 2. The molecule has 106 valence electrons. The van der Waals surface area contributed by atoms with Crippen molar-refractivity contribution in [3.8, 4) is 0 Å². The third kappa shape index (κ3) is 3.45. The number of aromatic nitrogens is 1. The average molecular weight is 283 g/mol. The van der Waals surface area contributed by atoms with E-state index in [1.165, 1.54) is 25.1 Å². The van der Waals surface area contributed by atoms with Gasteiger partial charge in [0.2, 0.25) is 10.0 Å². The first-order chi connectivity index (χ1) is 9.03. The molecule has 1 aromatic heterocycles. The number of sulfonamides is 1. The van der Waals surface area contributed by atoms with Gasteiger partial charge in [0.25, 0.3) is 0 Å². The summed E-state index contributed by atoms with van der Waals surface area (Å²) < 4.78 is 27.1. The van der Waals surface area contributed by atoms with Crippen molar-refractivity contribution in [3.05, 3.63) is 18.3 Å². The lowest BCUT2D eigenvalue weighted by atomic mass is 9.99. The largest absolute Gasteiger partial charge is 0.373 e. The monoisotopic (exact) mass is 283 g/mol. The summed E-state index contributed by atoms with van der Waals surface area (Å²) in [6.45, 7) is 2.72. The second kappa shape index (κ2) is 5.88. The number of rotatable bonds is 5. The van der Waals surface area contributed by atoms with E-state index in [-0.39, 0.29) is 4.90 Å². The summed E-state index contributed by atoms with van der Waals surface area (Å²) in [4.78, 5) is 4.28. The fourth-order valence-corrected chi connectivity index (χ4v) is 3.65. The molecule has 0 saturated heterocycles. The molecule has 0 spiro atoms. The van der Waals surface area contributed by atoms with Crippen molar-refractivity contribution in [3.63, 3.8) is 0 Å². The van der Waals surface area contributed by atoms with Gasteiger partial charge in [-0.2, -0.15) is 0 Å². The highest BCUT2D eigenvalue weighted by molar-refractivity contribution is 7.89. The molecule has 5 nitrogen and oxygen atoms in total. The van der Waals surface area contributed by atoms with Crippen LogP contribution in [0.25, 0.3) is 0 Å². The van der Waals surface area contributed by atoms with Gasteiger partial charge >= 0.3 is 0 Å². The molecule has 1 saturated carbocycles. The zero-order valence-electron chi connectivity index (χ0n) is 11.4. The molecule has 1 fully saturated rings. The van der Waals surface area contributed by atoms with Gasteiger partial charge in [-0.25, -0.2) is 18.1 Å². The van der Waals surface area contributed by atoms with Gasteiger partial charge in [-0.1, -0.05) is 19.8 Å². The van der Waals surface area contributed by atoms with Gasteiger partial charge in [0, 0.05) is 25.9 Å². The van der Waals surface area contributed by atoms with Crippen LogP contribution >= 0.6 is 0 Å². The molecule has 2 N–H and O–H groups in total. The molecule has 0 aromatic carbocycles. The van der Waals surface area contributed by atoms with Crippen LogP contribution < -0.4 is 10.0 Å². The molecule has 0 bridgehead atoms. The van der Waals surface area contributed by atoms with E-state index in [0.717, 1.165) is 6.42 Å². The van der Waals surface area contributed by atoms with E-state index in [1.807, 2.05) is 0 Å². The van der Waals surface area contributed by atoms with E-state index >= 15 is 0 Å². The van der Waals surface area contributed by atoms with Crippen LogP contribution in [0.15, 0.2) is 23.2 Å². The van der Waals surface area contributed by atoms with Gasteiger partial charge < -0.3 is 5.32 Å². The minimum absolute atomic E-state index is 0.262. The Bertz CT molecular complexity index is 530. The number of pyridine rings is 1. The van der Waals surface area contributed by atoms with Crippen molar-refractivity contribution in [1.82, 2.24) is 9.71 Å². The normalized spacial score (nSPS) is 23.5. The molecule has 0 radical (unpaired) electrons. The summed E-state index contributed by atoms with van der Waals surface area (Å²) in [6, 6.07) is 3.06. The Balaban J connectivity index is 2.05. The quantitative estimate of drug-likeness (QED) is 0.865. The summed E-state index contributed by atoms with van der Waals surface area (Å²) in [5, 5.41) is 2.84. The van der Waals surface area contributed by atoms with Crippen LogP contribution in [0, 0.1) is 11.8 Å². The maximum Gasteiger partial charge on any atom is 0.240 e. The van der Waals surface area contributed by atoms with Gasteiger partial charge in [0.05, 0.1) is 4.90 Å². The summed E-state index contributed by atoms with van der Waals surface area (Å²) in [5.41, 5.74) is 0. The first kappa shape index (κ1) is 14.3. The third-order valence-corrected chi connectivity index (χ3v) is 5.29. The number of hydrogen-bond acceptors (Lipinski definition) is 4. The predicted molar refractivity (Wildman–Crippen MR) is 75.5 cm³/mol. The summed E-state index contributed by atoms with van der Waals surface area (Å²) in [7, 11) is -1.72. The summed E-state index contributed by atoms with van der Waals surface area (Å²) >= 11 is 0. The molecule has 1 aliphatic rings. The maximum atomic E-state index is 12.2. The highest BCUT2D eigenvalue weighted by Crippen LogP contribution is 2.30. The molecular weight excluding hydrogens is 262 g/mol. The average Bonchev–Trinajstić information content (AvgIpc) is 2.82. The van der Waals surface area contributed by atoms with E-state index in [0.29, 0.717) is 24.2 Å². The Kier molecular flexibility index (Phi) is 4.42. The highest BCUT2D eigenvalue weighted by Gasteiger charge is 2.25. The van der Waals surface area contributed by atoms with E-state index in [2.05, 4.69) is 21.9 Å². The van der Waals surface area contributed by atoms with E-state index in [4.69, 9.17) is 0 Å². The molecule has 1 heterocycles. The number of nitrogens with zero attached hydrogens (tertiary/aromatic N) is 1. The third-order valence-electron chi connectivity index (χ3n) is 3.87. The van der Waals surface area contributed by atoms with Gasteiger partial charge in [0.1, 0.15) is 5.82 Å². The number of nitrogens with one attached hydrogen (secondary N) is 2. The zero-order chi connectivity index (χ0) is 13.9. The molecular formula is C13H21N3O2S. The molecule has 0 aliphatic heterocycles.